The van der Waals surface area contributed by atoms with E-state index in [1.54, 1.807) is 7.11 Å². The maximum absolute atomic E-state index is 5.51. The Hall–Kier alpha value is -0.980. The maximum Gasteiger partial charge on any atom is 0.0962 e. The highest BCUT2D eigenvalue weighted by atomic mass is 16.5. The predicted molar refractivity (Wildman–Crippen MR) is 71.1 cm³/mol. The monoisotopic (exact) mass is 255 g/mol. The van der Waals surface area contributed by atoms with Crippen LogP contribution in [-0.4, -0.2) is 52.7 Å². The highest BCUT2D eigenvalue weighted by molar-refractivity contribution is 4.90. The Morgan fingerprint density at radius 2 is 2.28 bits per heavy atom. The molecule has 0 saturated carbocycles. The molecule has 1 atom stereocenters. The van der Waals surface area contributed by atoms with E-state index in [1.165, 1.54) is 0 Å². The quantitative estimate of drug-likeness (QED) is 0.695. The van der Waals surface area contributed by atoms with Crippen LogP contribution < -0.4 is 5.73 Å². The smallest absolute Gasteiger partial charge is 0.0962 e. The molecule has 104 valence electrons. The minimum absolute atomic E-state index is 0.443. The van der Waals surface area contributed by atoms with Gasteiger partial charge in [-0.25, -0.2) is 0 Å². The second-order valence-electron chi connectivity index (χ2n) is 4.46. The van der Waals surface area contributed by atoms with Crippen molar-refractivity contribution in [3.8, 4) is 0 Å². The molecule has 0 fully saturated rings. The van der Waals surface area contributed by atoms with Crippen molar-refractivity contribution in [1.82, 2.24) is 19.9 Å². The van der Waals surface area contributed by atoms with Gasteiger partial charge in [0.1, 0.15) is 0 Å². The number of hydrogen-bond acceptors (Lipinski definition) is 5. The molecule has 0 aromatic carbocycles. The minimum Gasteiger partial charge on any atom is -0.383 e. The normalized spacial score (nSPS) is 13.2. The molecule has 6 nitrogen and oxygen atoms in total. The first-order valence-corrected chi connectivity index (χ1v) is 6.53. The third-order valence-electron chi connectivity index (χ3n) is 3.21. The van der Waals surface area contributed by atoms with Crippen molar-refractivity contribution in [1.29, 1.82) is 0 Å². The molecule has 0 bridgehead atoms. The van der Waals surface area contributed by atoms with Gasteiger partial charge >= 0.3 is 0 Å². The van der Waals surface area contributed by atoms with Gasteiger partial charge in [0.15, 0.2) is 0 Å². The lowest BCUT2D eigenvalue weighted by molar-refractivity contribution is 0.119. The summed E-state index contributed by atoms with van der Waals surface area (Å²) in [4.78, 5) is 2.41. The summed E-state index contributed by atoms with van der Waals surface area (Å²) in [6.45, 7) is 8.38. The van der Waals surface area contributed by atoms with Gasteiger partial charge in [0.25, 0.3) is 0 Å². The molecule has 0 radical (unpaired) electrons. The summed E-state index contributed by atoms with van der Waals surface area (Å²) < 4.78 is 7.00. The molecule has 0 aliphatic rings. The van der Waals surface area contributed by atoms with Gasteiger partial charge in [0.05, 0.1) is 18.8 Å². The van der Waals surface area contributed by atoms with Gasteiger partial charge in [-0.05, 0) is 13.3 Å². The molecular weight excluding hydrogens is 230 g/mol. The first-order valence-electron chi connectivity index (χ1n) is 6.53. The Morgan fingerprint density at radius 1 is 1.50 bits per heavy atom. The molecule has 1 unspecified atom stereocenters. The Kier molecular flexibility index (Phi) is 6.85. The molecule has 0 amide bonds. The zero-order valence-corrected chi connectivity index (χ0v) is 11.7. The highest BCUT2D eigenvalue weighted by Gasteiger charge is 2.12. The maximum atomic E-state index is 5.51. The van der Waals surface area contributed by atoms with Crippen LogP contribution in [-0.2, 0) is 17.8 Å². The van der Waals surface area contributed by atoms with Crippen molar-refractivity contribution in [2.45, 2.75) is 39.4 Å². The lowest BCUT2D eigenvalue weighted by Crippen LogP contribution is -2.37. The van der Waals surface area contributed by atoms with Crippen LogP contribution in [0.3, 0.4) is 0 Å². The molecule has 1 aromatic heterocycles. The minimum atomic E-state index is 0.443. The molecule has 1 aromatic rings. The topological polar surface area (TPSA) is 69.2 Å². The van der Waals surface area contributed by atoms with E-state index >= 15 is 0 Å². The molecule has 6 heteroatoms. The predicted octanol–water partition coefficient (Wildman–Crippen LogP) is 0.484. The van der Waals surface area contributed by atoms with E-state index < -0.39 is 0 Å². The third kappa shape index (κ3) is 4.72. The van der Waals surface area contributed by atoms with Crippen LogP contribution in [0.1, 0.15) is 26.0 Å². The SMILES string of the molecule is CCC(C)N(CCOC)CCn1cc(CN)nn1. The fourth-order valence-corrected chi connectivity index (χ4v) is 1.79. The van der Waals surface area contributed by atoms with Crippen molar-refractivity contribution in [3.63, 3.8) is 0 Å². The van der Waals surface area contributed by atoms with Crippen LogP contribution in [0.5, 0.6) is 0 Å². The molecule has 1 heterocycles. The number of rotatable bonds is 9. The van der Waals surface area contributed by atoms with Crippen molar-refractivity contribution >= 4 is 0 Å². The van der Waals surface area contributed by atoms with E-state index in [0.29, 0.717) is 12.6 Å². The number of nitrogens with zero attached hydrogens (tertiary/aromatic N) is 4. The third-order valence-corrected chi connectivity index (χ3v) is 3.21. The van der Waals surface area contributed by atoms with Gasteiger partial charge < -0.3 is 10.5 Å². The van der Waals surface area contributed by atoms with Crippen LogP contribution >= 0.6 is 0 Å². The van der Waals surface area contributed by atoms with E-state index in [9.17, 15) is 0 Å². The first kappa shape index (κ1) is 15.1. The lowest BCUT2D eigenvalue weighted by Gasteiger charge is -2.27. The van der Waals surface area contributed by atoms with Crippen LogP contribution in [0.4, 0.5) is 0 Å². The van der Waals surface area contributed by atoms with Crippen LogP contribution in [0, 0.1) is 0 Å². The summed E-state index contributed by atoms with van der Waals surface area (Å²) in [6.07, 6.45) is 3.04. The Labute approximate surface area is 109 Å². The lowest BCUT2D eigenvalue weighted by atomic mass is 10.2. The Bertz CT molecular complexity index is 328. The molecule has 18 heavy (non-hydrogen) atoms. The fraction of sp³-hybridized carbons (Fsp3) is 0.833. The van der Waals surface area contributed by atoms with E-state index in [-0.39, 0.29) is 0 Å². The van der Waals surface area contributed by atoms with Gasteiger partial charge in [0.2, 0.25) is 0 Å². The molecule has 0 spiro atoms. The van der Waals surface area contributed by atoms with Crippen LogP contribution in [0.2, 0.25) is 0 Å². The summed E-state index contributed by atoms with van der Waals surface area (Å²) in [7, 11) is 1.74. The number of hydrogen-bond donors (Lipinski definition) is 1. The van der Waals surface area contributed by atoms with E-state index in [0.717, 1.165) is 38.4 Å². The number of methoxy groups -OCH3 is 1. The molecule has 1 rings (SSSR count). The van der Waals surface area contributed by atoms with E-state index in [2.05, 4.69) is 29.1 Å². The van der Waals surface area contributed by atoms with Crippen molar-refractivity contribution in [2.75, 3.05) is 26.8 Å². The average Bonchev–Trinajstić information content (AvgIpc) is 2.86. The summed E-state index contributed by atoms with van der Waals surface area (Å²) in [5, 5.41) is 8.04. The van der Waals surface area contributed by atoms with Gasteiger partial charge in [-0.1, -0.05) is 12.1 Å². The molecular formula is C12H25N5O. The molecule has 2 N–H and O–H groups in total. The van der Waals surface area contributed by atoms with Crippen molar-refractivity contribution in [3.05, 3.63) is 11.9 Å². The zero-order chi connectivity index (χ0) is 13.4. The van der Waals surface area contributed by atoms with Crippen molar-refractivity contribution < 1.29 is 4.74 Å². The van der Waals surface area contributed by atoms with E-state index in [1.807, 2.05) is 10.9 Å². The molecule has 0 aliphatic heterocycles. The van der Waals surface area contributed by atoms with Crippen LogP contribution in [0.25, 0.3) is 0 Å². The second-order valence-corrected chi connectivity index (χ2v) is 4.46. The Balaban J connectivity index is 2.44. The highest BCUT2D eigenvalue weighted by Crippen LogP contribution is 2.03. The van der Waals surface area contributed by atoms with Gasteiger partial charge in [0, 0.05) is 39.0 Å². The average molecular weight is 255 g/mol. The second kappa shape index (κ2) is 8.18. The van der Waals surface area contributed by atoms with Gasteiger partial charge in [-0.2, -0.15) is 0 Å². The van der Waals surface area contributed by atoms with Crippen molar-refractivity contribution in [2.24, 2.45) is 5.73 Å². The Morgan fingerprint density at radius 3 is 2.83 bits per heavy atom. The molecule has 0 saturated heterocycles. The summed E-state index contributed by atoms with van der Waals surface area (Å²) in [6, 6.07) is 0.553. The fourth-order valence-electron chi connectivity index (χ4n) is 1.79. The largest absolute Gasteiger partial charge is 0.383 e. The van der Waals surface area contributed by atoms with Gasteiger partial charge in [-0.15, -0.1) is 5.10 Å². The standard InChI is InChI=1S/C12H25N5O/c1-4-11(2)16(7-8-18-3)5-6-17-10-12(9-13)14-15-17/h10-11H,4-9,13H2,1-3H3. The summed E-state index contributed by atoms with van der Waals surface area (Å²) >= 11 is 0. The first-order chi connectivity index (χ1) is 8.71. The summed E-state index contributed by atoms with van der Waals surface area (Å²) in [5.74, 6) is 0. The van der Waals surface area contributed by atoms with E-state index in [4.69, 9.17) is 10.5 Å². The number of nitrogens with two attached hydrogens (primary N) is 1. The van der Waals surface area contributed by atoms with Crippen LogP contribution in [0.15, 0.2) is 6.20 Å². The number of aromatic nitrogens is 3. The number of ether oxygens (including phenoxy) is 1. The zero-order valence-electron chi connectivity index (χ0n) is 11.7. The van der Waals surface area contributed by atoms with Gasteiger partial charge in [-0.3, -0.25) is 9.58 Å². The summed E-state index contributed by atoms with van der Waals surface area (Å²) in [5.41, 5.74) is 6.35. The molecule has 0 aliphatic carbocycles.